The van der Waals surface area contributed by atoms with Crippen LogP contribution < -0.4 is 5.32 Å². The van der Waals surface area contributed by atoms with Gasteiger partial charge in [-0.3, -0.25) is 4.79 Å². The van der Waals surface area contributed by atoms with E-state index in [9.17, 15) is 13.2 Å². The van der Waals surface area contributed by atoms with Crippen LogP contribution in [0, 0.1) is 0 Å². The Morgan fingerprint density at radius 1 is 1.33 bits per heavy atom. The van der Waals surface area contributed by atoms with Gasteiger partial charge in [0.2, 0.25) is 5.91 Å². The van der Waals surface area contributed by atoms with Crippen molar-refractivity contribution in [2.45, 2.75) is 18.2 Å². The quantitative estimate of drug-likeness (QED) is 0.857. The van der Waals surface area contributed by atoms with Gasteiger partial charge < -0.3 is 10.2 Å². The van der Waals surface area contributed by atoms with Crippen molar-refractivity contribution >= 4 is 27.3 Å². The van der Waals surface area contributed by atoms with Gasteiger partial charge in [0.25, 0.3) is 0 Å². The molecule has 118 valence electrons. The minimum Gasteiger partial charge on any atom is -0.353 e. The average molecular weight is 333 g/mol. The first-order valence-corrected chi connectivity index (χ1v) is 8.85. The molecular formula is C14H21ClN2O3S. The largest absolute Gasteiger partial charge is 0.353 e. The van der Waals surface area contributed by atoms with E-state index in [0.29, 0.717) is 5.02 Å². The summed E-state index contributed by atoms with van der Waals surface area (Å²) in [6.45, 7) is 1.67. The van der Waals surface area contributed by atoms with Gasteiger partial charge in [-0.05, 0) is 32.6 Å². The molecule has 0 aromatic heterocycles. The monoisotopic (exact) mass is 332 g/mol. The van der Waals surface area contributed by atoms with E-state index < -0.39 is 21.0 Å². The minimum absolute atomic E-state index is 0.130. The van der Waals surface area contributed by atoms with E-state index in [-0.39, 0.29) is 12.6 Å². The number of rotatable bonds is 6. The fraction of sp³-hybridized carbons (Fsp3) is 0.500. The Labute approximate surface area is 131 Å². The summed E-state index contributed by atoms with van der Waals surface area (Å²) in [6, 6.07) is 7.25. The van der Waals surface area contributed by atoms with Gasteiger partial charge in [-0.25, -0.2) is 8.42 Å². The number of nitrogens with one attached hydrogen (secondary N) is 1. The third kappa shape index (κ3) is 4.98. The average Bonchev–Trinajstić information content (AvgIpc) is 2.38. The zero-order valence-electron chi connectivity index (χ0n) is 12.6. The number of carbonyl (C=O) groups is 1. The molecule has 0 aliphatic heterocycles. The number of likely N-dealkylation sites (N-methyl/N-ethyl adjacent to an activating group) is 1. The van der Waals surface area contributed by atoms with Crippen LogP contribution in [0.5, 0.6) is 0 Å². The summed E-state index contributed by atoms with van der Waals surface area (Å²) in [5.41, 5.74) is 0.886. The standard InChI is InChI=1S/C14H21ClN2O3S/c1-10(21(4,19)20)14(18)16-9-13(17(2)3)11-7-5-6-8-12(11)15/h5-8,10,13H,9H2,1-4H3,(H,16,18)/t10-,13+/m1/s1. The SMILES string of the molecule is C[C@H](C(=O)NC[C@@H](c1ccccc1Cl)N(C)C)S(C)(=O)=O. The van der Waals surface area contributed by atoms with E-state index >= 15 is 0 Å². The van der Waals surface area contributed by atoms with E-state index in [1.165, 1.54) is 6.92 Å². The minimum atomic E-state index is -3.39. The third-order valence-corrected chi connectivity index (χ3v) is 5.21. The summed E-state index contributed by atoms with van der Waals surface area (Å²) >= 11 is 6.18. The Bertz CT molecular complexity index is 602. The van der Waals surface area contributed by atoms with Gasteiger partial charge in [0.15, 0.2) is 9.84 Å². The molecule has 21 heavy (non-hydrogen) atoms. The molecule has 1 amide bonds. The van der Waals surface area contributed by atoms with Crippen molar-refractivity contribution in [2.75, 3.05) is 26.9 Å². The molecule has 1 rings (SSSR count). The number of hydrogen-bond donors (Lipinski definition) is 1. The molecule has 0 spiro atoms. The van der Waals surface area contributed by atoms with Gasteiger partial charge in [0.05, 0.1) is 6.04 Å². The number of sulfone groups is 1. The lowest BCUT2D eigenvalue weighted by atomic mass is 10.1. The maximum absolute atomic E-state index is 11.9. The molecule has 5 nitrogen and oxygen atoms in total. The highest BCUT2D eigenvalue weighted by Crippen LogP contribution is 2.25. The molecule has 0 saturated carbocycles. The van der Waals surface area contributed by atoms with Crippen LogP contribution in [0.2, 0.25) is 5.02 Å². The predicted molar refractivity (Wildman–Crippen MR) is 85.2 cm³/mol. The first kappa shape index (κ1) is 17.9. The van der Waals surface area contributed by atoms with E-state index in [2.05, 4.69) is 5.32 Å². The molecule has 2 atom stereocenters. The van der Waals surface area contributed by atoms with Crippen molar-refractivity contribution in [3.05, 3.63) is 34.9 Å². The molecule has 1 aromatic carbocycles. The number of benzene rings is 1. The molecule has 0 bridgehead atoms. The lowest BCUT2D eigenvalue weighted by Crippen LogP contribution is -2.41. The number of amides is 1. The van der Waals surface area contributed by atoms with E-state index in [0.717, 1.165) is 11.8 Å². The molecule has 0 aliphatic carbocycles. The Morgan fingerprint density at radius 3 is 2.38 bits per heavy atom. The summed E-state index contributed by atoms with van der Waals surface area (Å²) in [4.78, 5) is 13.8. The van der Waals surface area contributed by atoms with Gasteiger partial charge in [0, 0.05) is 17.8 Å². The summed E-state index contributed by atoms with van der Waals surface area (Å²) in [5, 5.41) is 2.23. The van der Waals surface area contributed by atoms with Gasteiger partial charge in [0.1, 0.15) is 5.25 Å². The van der Waals surface area contributed by atoms with Crippen molar-refractivity contribution in [3.63, 3.8) is 0 Å². The van der Waals surface area contributed by atoms with Crippen molar-refractivity contribution in [1.29, 1.82) is 0 Å². The molecular weight excluding hydrogens is 312 g/mol. The number of carbonyl (C=O) groups excluding carboxylic acids is 1. The summed E-state index contributed by atoms with van der Waals surface area (Å²) in [5.74, 6) is -0.503. The lowest BCUT2D eigenvalue weighted by molar-refractivity contribution is -0.120. The molecule has 0 heterocycles. The second-order valence-corrected chi connectivity index (χ2v) is 7.99. The van der Waals surface area contributed by atoms with Gasteiger partial charge in [-0.1, -0.05) is 29.8 Å². The van der Waals surface area contributed by atoms with Crippen LogP contribution in [0.1, 0.15) is 18.5 Å². The predicted octanol–water partition coefficient (Wildman–Crippen LogP) is 1.49. The van der Waals surface area contributed by atoms with Crippen LogP contribution in [0.15, 0.2) is 24.3 Å². The zero-order chi connectivity index (χ0) is 16.2. The van der Waals surface area contributed by atoms with Gasteiger partial charge in [-0.2, -0.15) is 0 Å². The first-order valence-electron chi connectivity index (χ1n) is 6.52. The van der Waals surface area contributed by atoms with Crippen LogP contribution in [-0.4, -0.2) is 51.4 Å². The lowest BCUT2D eigenvalue weighted by Gasteiger charge is -2.26. The smallest absolute Gasteiger partial charge is 0.238 e. The third-order valence-electron chi connectivity index (χ3n) is 3.37. The van der Waals surface area contributed by atoms with Crippen LogP contribution in [0.4, 0.5) is 0 Å². The van der Waals surface area contributed by atoms with Crippen molar-refractivity contribution in [2.24, 2.45) is 0 Å². The highest BCUT2D eigenvalue weighted by molar-refractivity contribution is 7.92. The van der Waals surface area contributed by atoms with Crippen molar-refractivity contribution in [1.82, 2.24) is 10.2 Å². The summed E-state index contributed by atoms with van der Waals surface area (Å²) in [7, 11) is 0.356. The molecule has 1 aromatic rings. The Balaban J connectivity index is 2.83. The molecule has 0 radical (unpaired) electrons. The van der Waals surface area contributed by atoms with E-state index in [1.807, 2.05) is 37.2 Å². The molecule has 0 unspecified atom stereocenters. The zero-order valence-corrected chi connectivity index (χ0v) is 14.2. The normalized spacial score (nSPS) is 14.8. The molecule has 0 fully saturated rings. The van der Waals surface area contributed by atoms with Crippen molar-refractivity contribution < 1.29 is 13.2 Å². The molecule has 0 aliphatic rings. The number of halogens is 1. The maximum atomic E-state index is 11.9. The van der Waals surface area contributed by atoms with Crippen LogP contribution in [-0.2, 0) is 14.6 Å². The maximum Gasteiger partial charge on any atom is 0.238 e. The summed E-state index contributed by atoms with van der Waals surface area (Å²) < 4.78 is 22.8. The highest BCUT2D eigenvalue weighted by atomic mass is 35.5. The highest BCUT2D eigenvalue weighted by Gasteiger charge is 2.25. The van der Waals surface area contributed by atoms with Crippen LogP contribution in [0.25, 0.3) is 0 Å². The molecule has 0 saturated heterocycles. The van der Waals surface area contributed by atoms with Crippen LogP contribution >= 0.6 is 11.6 Å². The molecule has 7 heteroatoms. The fourth-order valence-electron chi connectivity index (χ4n) is 1.85. The van der Waals surface area contributed by atoms with Crippen LogP contribution in [0.3, 0.4) is 0 Å². The number of hydrogen-bond acceptors (Lipinski definition) is 4. The van der Waals surface area contributed by atoms with E-state index in [1.54, 1.807) is 6.07 Å². The Morgan fingerprint density at radius 2 is 1.90 bits per heavy atom. The van der Waals surface area contributed by atoms with Gasteiger partial charge in [-0.15, -0.1) is 0 Å². The van der Waals surface area contributed by atoms with Crippen molar-refractivity contribution in [3.8, 4) is 0 Å². The summed E-state index contributed by atoms with van der Waals surface area (Å²) in [6.07, 6.45) is 1.05. The fourth-order valence-corrected chi connectivity index (χ4v) is 2.59. The van der Waals surface area contributed by atoms with Gasteiger partial charge >= 0.3 is 0 Å². The Kier molecular flexibility index (Phi) is 6.19. The first-order chi connectivity index (χ1) is 9.64. The second-order valence-electron chi connectivity index (χ2n) is 5.22. The number of nitrogens with zero attached hydrogens (tertiary/aromatic N) is 1. The Hall–Kier alpha value is -1.11. The molecule has 1 N–H and O–H groups in total. The van der Waals surface area contributed by atoms with E-state index in [4.69, 9.17) is 11.6 Å². The topological polar surface area (TPSA) is 66.5 Å². The second kappa shape index (κ2) is 7.24.